The van der Waals surface area contributed by atoms with Crippen molar-refractivity contribution in [3.8, 4) is 0 Å². The molecule has 4 aromatic rings. The molecule has 1 aliphatic rings. The van der Waals surface area contributed by atoms with Gasteiger partial charge in [0, 0.05) is 34.5 Å². The fourth-order valence-electron chi connectivity index (χ4n) is 4.82. The number of ether oxygens (including phenoxy) is 1. The Balaban J connectivity index is 1.25. The number of esters is 1. The first-order valence-electron chi connectivity index (χ1n) is 14.7. The second kappa shape index (κ2) is 15.7. The second-order valence-electron chi connectivity index (χ2n) is 10.4. The van der Waals surface area contributed by atoms with Crippen LogP contribution in [-0.2, 0) is 32.1 Å². The van der Waals surface area contributed by atoms with E-state index in [1.807, 2.05) is 22.9 Å². The van der Waals surface area contributed by atoms with Crippen LogP contribution in [0.1, 0.15) is 50.6 Å². The number of fused-ring (bicyclic) bond motifs is 1. The summed E-state index contributed by atoms with van der Waals surface area (Å²) in [5.74, 6) is -1.74. The third-order valence-corrected chi connectivity index (χ3v) is 9.91. The third kappa shape index (κ3) is 8.76. The van der Waals surface area contributed by atoms with Crippen LogP contribution in [0.5, 0.6) is 0 Å². The molecule has 3 heterocycles. The highest BCUT2D eigenvalue weighted by atomic mass is 32.2. The molecule has 0 radical (unpaired) electrons. The average Bonchev–Trinajstić information content (AvgIpc) is 3.71. The number of rotatable bonds is 11. The highest BCUT2D eigenvalue weighted by molar-refractivity contribution is 8.00. The molecule has 0 fully saturated rings. The Morgan fingerprint density at radius 1 is 1.02 bits per heavy atom. The van der Waals surface area contributed by atoms with Gasteiger partial charge in [-0.15, -0.1) is 23.1 Å². The van der Waals surface area contributed by atoms with Gasteiger partial charge in [0.25, 0.3) is 11.8 Å². The first kappa shape index (κ1) is 33.6. The minimum absolute atomic E-state index is 0.0399. The van der Waals surface area contributed by atoms with Gasteiger partial charge in [0.05, 0.1) is 24.5 Å². The molecule has 3 N–H and O–H groups in total. The van der Waals surface area contributed by atoms with E-state index in [0.717, 1.165) is 20.9 Å². The summed E-state index contributed by atoms with van der Waals surface area (Å²) in [7, 11) is 0. The topological polar surface area (TPSA) is 134 Å². The summed E-state index contributed by atoms with van der Waals surface area (Å²) in [4.78, 5) is 67.3. The molecule has 47 heavy (non-hydrogen) atoms. The van der Waals surface area contributed by atoms with Gasteiger partial charge in [-0.1, -0.05) is 24.3 Å². The number of hydrogen-bond donors (Lipinski definition) is 3. The highest BCUT2D eigenvalue weighted by Crippen LogP contribution is 2.38. The van der Waals surface area contributed by atoms with E-state index >= 15 is 0 Å². The molecule has 2 aromatic carbocycles. The maximum Gasteiger partial charge on any atom is 0.341 e. The molecular formula is C34H32N4O6S3. The number of nitrogens with zero attached hydrogens (tertiary/aromatic N) is 1. The molecule has 5 rings (SSSR count). The standard InChI is InChI=1S/C34H32N4O6S3/c1-3-44-34(43)30-26-12-14-38(21(2)39)18-28(26)47-33(30)37-29(40)20-46-25-11-7-10-24(17-25)35-32(42)27(16-22-13-15-45-19-22)36-31(41)23-8-5-4-6-9-23/h4-11,13,15-17,19H,3,12,14,18,20H2,1-2H3,(H,35,42)(H,36,41)(H,37,40)/b27-16-. The molecule has 0 aliphatic carbocycles. The van der Waals surface area contributed by atoms with Gasteiger partial charge in [-0.05, 0) is 77.7 Å². The first-order chi connectivity index (χ1) is 22.7. The summed E-state index contributed by atoms with van der Waals surface area (Å²) >= 11 is 4.02. The van der Waals surface area contributed by atoms with Crippen molar-refractivity contribution in [2.45, 2.75) is 31.7 Å². The Hall–Kier alpha value is -4.72. The number of hydrogen-bond acceptors (Lipinski definition) is 9. The summed E-state index contributed by atoms with van der Waals surface area (Å²) in [5.41, 5.74) is 2.92. The van der Waals surface area contributed by atoms with Gasteiger partial charge < -0.3 is 25.6 Å². The number of anilines is 2. The monoisotopic (exact) mass is 688 g/mol. The fourth-order valence-corrected chi connectivity index (χ4v) is 7.46. The van der Waals surface area contributed by atoms with E-state index in [9.17, 15) is 24.0 Å². The van der Waals surface area contributed by atoms with E-state index < -0.39 is 17.8 Å². The largest absolute Gasteiger partial charge is 0.462 e. The maximum absolute atomic E-state index is 13.3. The zero-order chi connectivity index (χ0) is 33.3. The quantitative estimate of drug-likeness (QED) is 0.0996. The van der Waals surface area contributed by atoms with Crippen LogP contribution >= 0.6 is 34.4 Å². The van der Waals surface area contributed by atoms with Crippen LogP contribution in [0.3, 0.4) is 0 Å². The van der Waals surface area contributed by atoms with Crippen LogP contribution in [0, 0.1) is 0 Å². The Morgan fingerprint density at radius 2 is 1.83 bits per heavy atom. The predicted molar refractivity (Wildman–Crippen MR) is 186 cm³/mol. The predicted octanol–water partition coefficient (Wildman–Crippen LogP) is 6.03. The Morgan fingerprint density at radius 3 is 2.55 bits per heavy atom. The van der Waals surface area contributed by atoms with Gasteiger partial charge in [0.2, 0.25) is 11.8 Å². The van der Waals surface area contributed by atoms with Crippen molar-refractivity contribution in [3.63, 3.8) is 0 Å². The number of benzene rings is 2. The number of nitrogens with one attached hydrogen (secondary N) is 3. The van der Waals surface area contributed by atoms with Crippen LogP contribution in [-0.4, -0.2) is 53.4 Å². The lowest BCUT2D eigenvalue weighted by molar-refractivity contribution is -0.129. The molecule has 0 unspecified atom stereocenters. The van der Waals surface area contributed by atoms with Gasteiger partial charge in [-0.3, -0.25) is 19.2 Å². The zero-order valence-corrected chi connectivity index (χ0v) is 28.1. The van der Waals surface area contributed by atoms with Gasteiger partial charge in [0.1, 0.15) is 10.7 Å². The van der Waals surface area contributed by atoms with Gasteiger partial charge in [-0.2, -0.15) is 11.3 Å². The Labute approximate surface area is 284 Å². The summed E-state index contributed by atoms with van der Waals surface area (Å²) in [6.45, 7) is 4.30. The molecule has 1 aliphatic heterocycles. The van der Waals surface area contributed by atoms with Crippen molar-refractivity contribution in [2.24, 2.45) is 0 Å². The molecule has 242 valence electrons. The fraction of sp³-hybridized carbons (Fsp3) is 0.206. The number of thioether (sulfide) groups is 1. The average molecular weight is 689 g/mol. The minimum Gasteiger partial charge on any atom is -0.462 e. The number of thiophene rings is 2. The van der Waals surface area contributed by atoms with Crippen molar-refractivity contribution in [3.05, 3.63) is 104 Å². The lowest BCUT2D eigenvalue weighted by Gasteiger charge is -2.25. The third-order valence-electron chi connectivity index (χ3n) is 7.08. The van der Waals surface area contributed by atoms with Crippen LogP contribution in [0.2, 0.25) is 0 Å². The van der Waals surface area contributed by atoms with E-state index in [1.165, 1.54) is 41.4 Å². The molecule has 13 heteroatoms. The lowest BCUT2D eigenvalue weighted by atomic mass is 10.0. The molecule has 0 saturated heterocycles. The van der Waals surface area contributed by atoms with Crippen LogP contribution in [0.4, 0.5) is 10.7 Å². The Kier molecular flexibility index (Phi) is 11.2. The molecule has 0 bridgehead atoms. The lowest BCUT2D eigenvalue weighted by Crippen LogP contribution is -2.34. The Bertz CT molecular complexity index is 1820. The minimum atomic E-state index is -0.503. The molecule has 4 amide bonds. The number of amides is 4. The summed E-state index contributed by atoms with van der Waals surface area (Å²) < 4.78 is 5.28. The summed E-state index contributed by atoms with van der Waals surface area (Å²) in [6, 6.07) is 17.5. The molecule has 10 nitrogen and oxygen atoms in total. The normalized spacial score (nSPS) is 12.6. The van der Waals surface area contributed by atoms with Crippen molar-refractivity contribution >= 4 is 80.8 Å². The number of carbonyl (C=O) groups is 5. The summed E-state index contributed by atoms with van der Waals surface area (Å²) in [5, 5.41) is 12.6. The SMILES string of the molecule is CCOC(=O)c1c(NC(=O)CSc2cccc(NC(=O)/C(=C/c3ccsc3)NC(=O)c3ccccc3)c2)sc2c1CCN(C(C)=O)C2. The van der Waals surface area contributed by atoms with Gasteiger partial charge in [-0.25, -0.2) is 4.79 Å². The van der Waals surface area contributed by atoms with E-state index in [-0.39, 0.29) is 29.9 Å². The first-order valence-corrected chi connectivity index (χ1v) is 17.5. The molecule has 2 aromatic heterocycles. The smallest absolute Gasteiger partial charge is 0.341 e. The van der Waals surface area contributed by atoms with Crippen molar-refractivity contribution < 1.29 is 28.7 Å². The maximum atomic E-state index is 13.3. The van der Waals surface area contributed by atoms with Gasteiger partial charge >= 0.3 is 5.97 Å². The molecule has 0 saturated carbocycles. The van der Waals surface area contributed by atoms with Crippen LogP contribution < -0.4 is 16.0 Å². The van der Waals surface area contributed by atoms with Crippen LogP contribution in [0.25, 0.3) is 6.08 Å². The molecular weight excluding hydrogens is 657 g/mol. The van der Waals surface area contributed by atoms with E-state index in [4.69, 9.17) is 4.74 Å². The number of carbonyl (C=O) groups excluding carboxylic acids is 5. The van der Waals surface area contributed by atoms with Crippen LogP contribution in [0.15, 0.2) is 82.0 Å². The molecule has 0 atom stereocenters. The van der Waals surface area contributed by atoms with E-state index in [2.05, 4.69) is 16.0 Å². The second-order valence-corrected chi connectivity index (χ2v) is 13.3. The molecule has 0 spiro atoms. The van der Waals surface area contributed by atoms with Crippen molar-refractivity contribution in [1.82, 2.24) is 10.2 Å². The van der Waals surface area contributed by atoms with E-state index in [1.54, 1.807) is 66.4 Å². The van der Waals surface area contributed by atoms with E-state index in [0.29, 0.717) is 41.3 Å². The van der Waals surface area contributed by atoms with Crippen molar-refractivity contribution in [1.29, 1.82) is 0 Å². The van der Waals surface area contributed by atoms with Crippen molar-refractivity contribution in [2.75, 3.05) is 29.5 Å². The van der Waals surface area contributed by atoms with Gasteiger partial charge in [0.15, 0.2) is 0 Å². The zero-order valence-electron chi connectivity index (χ0n) is 25.7. The highest BCUT2D eigenvalue weighted by Gasteiger charge is 2.30. The summed E-state index contributed by atoms with van der Waals surface area (Å²) in [6.07, 6.45) is 2.11.